The SMILES string of the molecule is CCOCC(C)(CN)N(CC)CC1CC1. The summed E-state index contributed by atoms with van der Waals surface area (Å²) < 4.78 is 5.55. The first-order valence-corrected chi connectivity index (χ1v) is 6.19. The van der Waals surface area contributed by atoms with Gasteiger partial charge in [-0.05, 0) is 39.2 Å². The minimum absolute atomic E-state index is 0.0212. The molecule has 1 unspecified atom stereocenters. The number of rotatable bonds is 8. The van der Waals surface area contributed by atoms with Gasteiger partial charge in [0.05, 0.1) is 12.1 Å². The van der Waals surface area contributed by atoms with Gasteiger partial charge < -0.3 is 10.5 Å². The first-order valence-electron chi connectivity index (χ1n) is 6.19. The molecule has 1 saturated carbocycles. The minimum atomic E-state index is 0.0212. The molecule has 1 atom stereocenters. The van der Waals surface area contributed by atoms with E-state index in [1.807, 2.05) is 6.92 Å². The summed E-state index contributed by atoms with van der Waals surface area (Å²) in [6.45, 7) is 10.9. The quantitative estimate of drug-likeness (QED) is 0.665. The Bertz CT molecular complexity index is 182. The average molecular weight is 214 g/mol. The van der Waals surface area contributed by atoms with Gasteiger partial charge in [0.1, 0.15) is 0 Å². The zero-order chi connectivity index (χ0) is 11.3. The van der Waals surface area contributed by atoms with Crippen LogP contribution in [-0.2, 0) is 4.74 Å². The van der Waals surface area contributed by atoms with E-state index in [1.165, 1.54) is 19.4 Å². The third kappa shape index (κ3) is 3.74. The Morgan fingerprint density at radius 2 is 2.07 bits per heavy atom. The number of nitrogens with two attached hydrogens (primary N) is 1. The summed E-state index contributed by atoms with van der Waals surface area (Å²) >= 11 is 0. The Morgan fingerprint density at radius 1 is 1.40 bits per heavy atom. The van der Waals surface area contributed by atoms with E-state index in [4.69, 9.17) is 10.5 Å². The molecule has 90 valence electrons. The van der Waals surface area contributed by atoms with Gasteiger partial charge in [0.15, 0.2) is 0 Å². The van der Waals surface area contributed by atoms with Gasteiger partial charge in [0.2, 0.25) is 0 Å². The number of nitrogens with zero attached hydrogens (tertiary/aromatic N) is 1. The van der Waals surface area contributed by atoms with Crippen LogP contribution >= 0.6 is 0 Å². The molecule has 0 saturated heterocycles. The summed E-state index contributed by atoms with van der Waals surface area (Å²) in [5.74, 6) is 0.914. The van der Waals surface area contributed by atoms with Crippen molar-refractivity contribution in [3.05, 3.63) is 0 Å². The van der Waals surface area contributed by atoms with Gasteiger partial charge in [-0.25, -0.2) is 0 Å². The molecule has 0 bridgehead atoms. The van der Waals surface area contributed by atoms with Gasteiger partial charge in [0, 0.05) is 19.7 Å². The highest BCUT2D eigenvalue weighted by Crippen LogP contribution is 2.31. The average Bonchev–Trinajstić information content (AvgIpc) is 3.06. The standard InChI is InChI=1S/C12H26N2O/c1-4-14(8-11-6-7-11)12(3,9-13)10-15-5-2/h11H,4-10,13H2,1-3H3. The van der Waals surface area contributed by atoms with Crippen LogP contribution in [0.25, 0.3) is 0 Å². The smallest absolute Gasteiger partial charge is 0.0659 e. The third-order valence-electron chi connectivity index (χ3n) is 3.38. The van der Waals surface area contributed by atoms with E-state index >= 15 is 0 Å². The summed E-state index contributed by atoms with van der Waals surface area (Å²) in [5.41, 5.74) is 5.92. The van der Waals surface area contributed by atoms with E-state index < -0.39 is 0 Å². The molecule has 1 fully saturated rings. The Kier molecular flexibility index (Phi) is 5.03. The lowest BCUT2D eigenvalue weighted by Crippen LogP contribution is -2.55. The van der Waals surface area contributed by atoms with Crippen LogP contribution in [0.4, 0.5) is 0 Å². The largest absolute Gasteiger partial charge is 0.380 e. The summed E-state index contributed by atoms with van der Waals surface area (Å²) in [5, 5.41) is 0. The normalized spacial score (nSPS) is 20.6. The van der Waals surface area contributed by atoms with Crippen molar-refractivity contribution in [3.63, 3.8) is 0 Å². The highest BCUT2D eigenvalue weighted by molar-refractivity contribution is 4.90. The molecule has 1 aliphatic carbocycles. The maximum absolute atomic E-state index is 5.90. The minimum Gasteiger partial charge on any atom is -0.380 e. The monoisotopic (exact) mass is 214 g/mol. The predicted octanol–water partition coefficient (Wildman–Crippen LogP) is 1.47. The second-order valence-electron chi connectivity index (χ2n) is 4.82. The predicted molar refractivity (Wildman–Crippen MR) is 63.9 cm³/mol. The number of likely N-dealkylation sites (N-methyl/N-ethyl adjacent to an activating group) is 1. The van der Waals surface area contributed by atoms with Gasteiger partial charge in [-0.1, -0.05) is 6.92 Å². The molecule has 2 N–H and O–H groups in total. The van der Waals surface area contributed by atoms with E-state index in [-0.39, 0.29) is 5.54 Å². The molecule has 1 aliphatic rings. The van der Waals surface area contributed by atoms with Gasteiger partial charge in [0.25, 0.3) is 0 Å². The van der Waals surface area contributed by atoms with Crippen molar-refractivity contribution in [1.29, 1.82) is 0 Å². The second-order valence-corrected chi connectivity index (χ2v) is 4.82. The summed E-state index contributed by atoms with van der Waals surface area (Å²) in [6.07, 6.45) is 2.79. The topological polar surface area (TPSA) is 38.5 Å². The molecule has 3 heteroatoms. The summed E-state index contributed by atoms with van der Waals surface area (Å²) in [6, 6.07) is 0. The first kappa shape index (κ1) is 12.9. The van der Waals surface area contributed by atoms with E-state index in [0.29, 0.717) is 6.54 Å². The van der Waals surface area contributed by atoms with Crippen LogP contribution in [-0.4, -0.2) is 43.3 Å². The van der Waals surface area contributed by atoms with Crippen LogP contribution in [0.5, 0.6) is 0 Å². The molecule has 3 nitrogen and oxygen atoms in total. The molecule has 1 rings (SSSR count). The van der Waals surface area contributed by atoms with E-state index in [0.717, 1.165) is 25.7 Å². The van der Waals surface area contributed by atoms with Crippen LogP contribution < -0.4 is 5.73 Å². The molecule has 15 heavy (non-hydrogen) atoms. The second kappa shape index (κ2) is 5.83. The Labute approximate surface area is 94.0 Å². The van der Waals surface area contributed by atoms with Crippen molar-refractivity contribution in [2.75, 3.05) is 32.8 Å². The molecule has 0 radical (unpaired) electrons. The Hall–Kier alpha value is -0.120. The van der Waals surface area contributed by atoms with Crippen molar-refractivity contribution in [1.82, 2.24) is 4.90 Å². The third-order valence-corrected chi connectivity index (χ3v) is 3.38. The maximum Gasteiger partial charge on any atom is 0.0659 e. The van der Waals surface area contributed by atoms with Crippen LogP contribution in [0.1, 0.15) is 33.6 Å². The molecule has 0 aromatic rings. The van der Waals surface area contributed by atoms with Crippen molar-refractivity contribution >= 4 is 0 Å². The Balaban J connectivity index is 2.49. The molecule has 0 aliphatic heterocycles. The van der Waals surface area contributed by atoms with Gasteiger partial charge in [-0.2, -0.15) is 0 Å². The van der Waals surface area contributed by atoms with Crippen LogP contribution in [0.3, 0.4) is 0 Å². The van der Waals surface area contributed by atoms with Crippen molar-refractivity contribution < 1.29 is 4.74 Å². The zero-order valence-electron chi connectivity index (χ0n) is 10.5. The molecular weight excluding hydrogens is 188 g/mol. The lowest BCUT2D eigenvalue weighted by Gasteiger charge is -2.40. The highest BCUT2D eigenvalue weighted by atomic mass is 16.5. The van der Waals surface area contributed by atoms with Gasteiger partial charge in [-0.3, -0.25) is 4.90 Å². The molecule has 0 aromatic carbocycles. The summed E-state index contributed by atoms with van der Waals surface area (Å²) in [4.78, 5) is 2.49. The fourth-order valence-electron chi connectivity index (χ4n) is 1.94. The Morgan fingerprint density at radius 3 is 2.47 bits per heavy atom. The molecule has 0 amide bonds. The highest BCUT2D eigenvalue weighted by Gasteiger charge is 2.34. The van der Waals surface area contributed by atoms with Crippen molar-refractivity contribution in [3.8, 4) is 0 Å². The fraction of sp³-hybridized carbons (Fsp3) is 1.00. The fourth-order valence-corrected chi connectivity index (χ4v) is 1.94. The molecular formula is C12H26N2O. The van der Waals surface area contributed by atoms with Gasteiger partial charge >= 0.3 is 0 Å². The molecule has 0 aromatic heterocycles. The lowest BCUT2D eigenvalue weighted by molar-refractivity contribution is 0.0105. The van der Waals surface area contributed by atoms with Crippen LogP contribution in [0, 0.1) is 5.92 Å². The van der Waals surface area contributed by atoms with E-state index in [2.05, 4.69) is 18.7 Å². The maximum atomic E-state index is 5.90. The van der Waals surface area contributed by atoms with Gasteiger partial charge in [-0.15, -0.1) is 0 Å². The first-order chi connectivity index (χ1) is 7.16. The number of hydrogen-bond acceptors (Lipinski definition) is 3. The molecule has 0 spiro atoms. The summed E-state index contributed by atoms with van der Waals surface area (Å²) in [7, 11) is 0. The van der Waals surface area contributed by atoms with Crippen molar-refractivity contribution in [2.24, 2.45) is 11.7 Å². The zero-order valence-corrected chi connectivity index (χ0v) is 10.5. The number of ether oxygens (including phenoxy) is 1. The molecule has 0 heterocycles. The van der Waals surface area contributed by atoms with E-state index in [9.17, 15) is 0 Å². The van der Waals surface area contributed by atoms with E-state index in [1.54, 1.807) is 0 Å². The lowest BCUT2D eigenvalue weighted by atomic mass is 10.0. The van der Waals surface area contributed by atoms with Crippen LogP contribution in [0.2, 0.25) is 0 Å². The van der Waals surface area contributed by atoms with Crippen LogP contribution in [0.15, 0.2) is 0 Å². The number of hydrogen-bond donors (Lipinski definition) is 1. The van der Waals surface area contributed by atoms with Crippen molar-refractivity contribution in [2.45, 2.75) is 39.2 Å².